The number of nitrogens with zero attached hydrogens (tertiary/aromatic N) is 2. The van der Waals surface area contributed by atoms with Gasteiger partial charge >= 0.3 is 0 Å². The molecule has 0 atom stereocenters. The maximum Gasteiger partial charge on any atom is 0.269 e. The lowest BCUT2D eigenvalue weighted by atomic mass is 9.89. The molecule has 25 heavy (non-hydrogen) atoms. The number of nitrogens with one attached hydrogen (secondary N) is 2. The van der Waals surface area contributed by atoms with Gasteiger partial charge in [-0.1, -0.05) is 12.1 Å². The van der Waals surface area contributed by atoms with Gasteiger partial charge in [0, 0.05) is 25.5 Å². The molecule has 8 heteroatoms. The van der Waals surface area contributed by atoms with E-state index in [1.165, 1.54) is 12.4 Å². The van der Waals surface area contributed by atoms with Crippen molar-refractivity contribution in [2.75, 3.05) is 26.3 Å². The Morgan fingerprint density at radius 1 is 0.840 bits per heavy atom. The van der Waals surface area contributed by atoms with Crippen LogP contribution in [0.1, 0.15) is 21.0 Å². The molecule has 2 aromatic rings. The van der Waals surface area contributed by atoms with Crippen LogP contribution in [0.5, 0.6) is 0 Å². The van der Waals surface area contributed by atoms with E-state index in [1.54, 1.807) is 36.4 Å². The maximum atomic E-state index is 12.0. The number of carbonyl (C=O) groups excluding carboxylic acids is 2. The second-order valence-electron chi connectivity index (χ2n) is 5.61. The van der Waals surface area contributed by atoms with E-state index in [2.05, 4.69) is 20.6 Å². The van der Waals surface area contributed by atoms with Gasteiger partial charge in [0.25, 0.3) is 11.8 Å². The van der Waals surface area contributed by atoms with E-state index in [1.807, 2.05) is 0 Å². The summed E-state index contributed by atoms with van der Waals surface area (Å²) in [5.74, 6) is -0.856. The summed E-state index contributed by atoms with van der Waals surface area (Å²) in [4.78, 5) is 32.0. The van der Waals surface area contributed by atoms with Crippen LogP contribution in [0.25, 0.3) is 0 Å². The Bertz CT molecular complexity index is 633. The van der Waals surface area contributed by atoms with Crippen LogP contribution in [0, 0.1) is 5.41 Å². The minimum absolute atomic E-state index is 0.0299. The highest BCUT2D eigenvalue weighted by molar-refractivity contribution is 5.92. The number of carbonyl (C=O) groups is 2. The molecule has 0 aromatic carbocycles. The molecule has 2 rings (SSSR count). The van der Waals surface area contributed by atoms with Crippen LogP contribution < -0.4 is 10.6 Å². The van der Waals surface area contributed by atoms with Gasteiger partial charge in [0.05, 0.1) is 18.6 Å². The Morgan fingerprint density at radius 2 is 1.28 bits per heavy atom. The molecule has 0 spiro atoms. The third-order valence-corrected chi connectivity index (χ3v) is 3.71. The SMILES string of the molecule is O=C(NCC(CO)(CO)CNC(=O)c1ccccn1)c1ccccn1. The highest BCUT2D eigenvalue weighted by Gasteiger charge is 2.30. The number of aromatic nitrogens is 2. The van der Waals surface area contributed by atoms with Crippen LogP contribution in [0.3, 0.4) is 0 Å². The first-order valence-corrected chi connectivity index (χ1v) is 7.70. The second kappa shape index (κ2) is 8.86. The molecule has 0 saturated carbocycles. The zero-order valence-electron chi connectivity index (χ0n) is 13.6. The molecule has 2 amide bonds. The number of hydrogen-bond acceptors (Lipinski definition) is 6. The number of pyridine rings is 2. The fourth-order valence-corrected chi connectivity index (χ4v) is 2.05. The number of aliphatic hydroxyl groups is 2. The predicted octanol–water partition coefficient (Wildman–Crippen LogP) is -0.393. The first-order valence-electron chi connectivity index (χ1n) is 7.70. The molecule has 0 radical (unpaired) electrons. The molecule has 8 nitrogen and oxygen atoms in total. The van der Waals surface area contributed by atoms with Gasteiger partial charge in [0.2, 0.25) is 0 Å². The maximum absolute atomic E-state index is 12.0. The van der Waals surface area contributed by atoms with Crippen molar-refractivity contribution in [3.8, 4) is 0 Å². The lowest BCUT2D eigenvalue weighted by Crippen LogP contribution is -2.50. The number of amides is 2. The molecule has 2 aromatic heterocycles. The van der Waals surface area contributed by atoms with Gasteiger partial charge in [0.15, 0.2) is 0 Å². The zero-order chi connectivity index (χ0) is 18.1. The van der Waals surface area contributed by atoms with Crippen molar-refractivity contribution >= 4 is 11.8 Å². The van der Waals surface area contributed by atoms with Crippen LogP contribution >= 0.6 is 0 Å². The molecule has 4 N–H and O–H groups in total. The Morgan fingerprint density at radius 3 is 1.60 bits per heavy atom. The number of aliphatic hydroxyl groups excluding tert-OH is 2. The highest BCUT2D eigenvalue weighted by atomic mass is 16.3. The van der Waals surface area contributed by atoms with Gasteiger partial charge in [-0.3, -0.25) is 19.6 Å². The second-order valence-corrected chi connectivity index (χ2v) is 5.61. The van der Waals surface area contributed by atoms with Crippen molar-refractivity contribution in [1.29, 1.82) is 0 Å². The quantitative estimate of drug-likeness (QED) is 0.517. The first kappa shape index (κ1) is 18.5. The van der Waals surface area contributed by atoms with Gasteiger partial charge < -0.3 is 20.8 Å². The largest absolute Gasteiger partial charge is 0.396 e. The Kier molecular flexibility index (Phi) is 6.55. The molecule has 0 saturated heterocycles. The monoisotopic (exact) mass is 344 g/mol. The van der Waals surface area contributed by atoms with Gasteiger partial charge in [-0.25, -0.2) is 0 Å². The van der Waals surface area contributed by atoms with E-state index in [4.69, 9.17) is 0 Å². The molecule has 0 aliphatic carbocycles. The van der Waals surface area contributed by atoms with Crippen LogP contribution in [-0.4, -0.2) is 58.3 Å². The minimum Gasteiger partial charge on any atom is -0.396 e. The van der Waals surface area contributed by atoms with E-state index in [-0.39, 0.29) is 24.5 Å². The van der Waals surface area contributed by atoms with Crippen molar-refractivity contribution in [3.05, 3.63) is 60.2 Å². The molecule has 2 heterocycles. The average molecular weight is 344 g/mol. The summed E-state index contributed by atoms with van der Waals surface area (Å²) in [6, 6.07) is 9.85. The summed E-state index contributed by atoms with van der Waals surface area (Å²) < 4.78 is 0. The summed E-state index contributed by atoms with van der Waals surface area (Å²) in [7, 11) is 0. The van der Waals surface area contributed by atoms with E-state index in [9.17, 15) is 19.8 Å². The molecule has 0 bridgehead atoms. The zero-order valence-corrected chi connectivity index (χ0v) is 13.6. The Balaban J connectivity index is 1.95. The van der Waals surface area contributed by atoms with Crippen molar-refractivity contribution < 1.29 is 19.8 Å². The lowest BCUT2D eigenvalue weighted by Gasteiger charge is -2.30. The van der Waals surface area contributed by atoms with E-state index < -0.39 is 30.4 Å². The van der Waals surface area contributed by atoms with Gasteiger partial charge in [-0.15, -0.1) is 0 Å². The smallest absolute Gasteiger partial charge is 0.269 e. The number of hydrogen-bond donors (Lipinski definition) is 4. The normalized spacial score (nSPS) is 11.0. The first-order chi connectivity index (χ1) is 12.1. The van der Waals surface area contributed by atoms with E-state index in [0.717, 1.165) is 0 Å². The van der Waals surface area contributed by atoms with E-state index in [0.29, 0.717) is 0 Å². The number of rotatable bonds is 8. The fraction of sp³-hybridized carbons (Fsp3) is 0.294. The third-order valence-electron chi connectivity index (χ3n) is 3.71. The lowest BCUT2D eigenvalue weighted by molar-refractivity contribution is 0.0497. The van der Waals surface area contributed by atoms with Gasteiger partial charge in [-0.05, 0) is 24.3 Å². The Hall–Kier alpha value is -2.84. The van der Waals surface area contributed by atoms with Crippen molar-refractivity contribution in [2.45, 2.75) is 0 Å². The molecule has 0 aliphatic heterocycles. The molecule has 0 aliphatic rings. The Labute approximate surface area is 144 Å². The van der Waals surface area contributed by atoms with Crippen LogP contribution in [0.4, 0.5) is 0 Å². The minimum atomic E-state index is -1.10. The van der Waals surface area contributed by atoms with Crippen LogP contribution in [0.2, 0.25) is 0 Å². The summed E-state index contributed by atoms with van der Waals surface area (Å²) in [6.07, 6.45) is 2.99. The molecular formula is C17H20N4O4. The van der Waals surface area contributed by atoms with Gasteiger partial charge in [-0.2, -0.15) is 0 Å². The summed E-state index contributed by atoms with van der Waals surface area (Å²) in [5.41, 5.74) is -0.649. The standard InChI is InChI=1S/C17H20N4O4/c22-11-17(12-23,9-20-15(24)13-5-1-3-7-18-13)10-21-16(25)14-6-2-4-8-19-14/h1-8,22-23H,9-12H2,(H,20,24)(H,21,25). The van der Waals surface area contributed by atoms with Crippen LogP contribution in [-0.2, 0) is 0 Å². The summed E-state index contributed by atoms with van der Waals surface area (Å²) >= 11 is 0. The van der Waals surface area contributed by atoms with Crippen molar-refractivity contribution in [1.82, 2.24) is 20.6 Å². The van der Waals surface area contributed by atoms with E-state index >= 15 is 0 Å². The van der Waals surface area contributed by atoms with Crippen LogP contribution in [0.15, 0.2) is 48.8 Å². The summed E-state index contributed by atoms with van der Waals surface area (Å²) in [5, 5.41) is 24.5. The average Bonchev–Trinajstić information content (AvgIpc) is 2.69. The van der Waals surface area contributed by atoms with Crippen molar-refractivity contribution in [2.24, 2.45) is 5.41 Å². The molecular weight excluding hydrogens is 324 g/mol. The third kappa shape index (κ3) is 5.07. The van der Waals surface area contributed by atoms with Crippen molar-refractivity contribution in [3.63, 3.8) is 0 Å². The molecule has 0 unspecified atom stereocenters. The predicted molar refractivity (Wildman–Crippen MR) is 89.7 cm³/mol. The summed E-state index contributed by atoms with van der Waals surface area (Å²) in [6.45, 7) is -0.904. The fourth-order valence-electron chi connectivity index (χ4n) is 2.05. The molecule has 132 valence electrons. The molecule has 0 fully saturated rings. The topological polar surface area (TPSA) is 124 Å². The van der Waals surface area contributed by atoms with Gasteiger partial charge in [0.1, 0.15) is 11.4 Å². The highest BCUT2D eigenvalue weighted by Crippen LogP contribution is 2.14.